The van der Waals surface area contributed by atoms with Crippen molar-refractivity contribution in [2.24, 2.45) is 0 Å². The molecule has 102 valence electrons. The van der Waals surface area contributed by atoms with Crippen molar-refractivity contribution < 1.29 is 9.47 Å². The van der Waals surface area contributed by atoms with Gasteiger partial charge in [-0.2, -0.15) is 11.8 Å². The molecule has 1 N–H and O–H groups in total. The first kappa shape index (κ1) is 15.2. The van der Waals surface area contributed by atoms with E-state index in [-0.39, 0.29) is 6.04 Å². The Balaban J connectivity index is 2.81. The van der Waals surface area contributed by atoms with Crippen LogP contribution < -0.4 is 14.8 Å². The Labute approximate surface area is 114 Å². The normalized spacial score (nSPS) is 14.1. The number of hydrogen-bond donors (Lipinski definition) is 1. The molecule has 0 aliphatic carbocycles. The van der Waals surface area contributed by atoms with Crippen molar-refractivity contribution in [1.29, 1.82) is 0 Å². The van der Waals surface area contributed by atoms with Crippen LogP contribution in [-0.2, 0) is 0 Å². The SMILES string of the molecule is COc1ccc([C@H](C)N[C@H](C)CSC)c(OC)c1. The topological polar surface area (TPSA) is 30.5 Å². The van der Waals surface area contributed by atoms with Gasteiger partial charge in [0.15, 0.2) is 0 Å². The van der Waals surface area contributed by atoms with Gasteiger partial charge < -0.3 is 14.8 Å². The number of methoxy groups -OCH3 is 2. The van der Waals surface area contributed by atoms with Gasteiger partial charge >= 0.3 is 0 Å². The van der Waals surface area contributed by atoms with E-state index in [0.717, 1.165) is 22.8 Å². The Kier molecular flexibility index (Phi) is 6.36. The Morgan fingerprint density at radius 2 is 1.94 bits per heavy atom. The second-order valence-electron chi connectivity index (χ2n) is 4.35. The molecule has 1 aromatic carbocycles. The summed E-state index contributed by atoms with van der Waals surface area (Å²) in [5, 5.41) is 3.57. The number of rotatable bonds is 7. The average molecular weight is 269 g/mol. The van der Waals surface area contributed by atoms with Crippen LogP contribution in [0.4, 0.5) is 0 Å². The first-order valence-corrected chi connectivity index (χ1v) is 7.48. The van der Waals surface area contributed by atoms with Crippen LogP contribution in [0.15, 0.2) is 18.2 Å². The van der Waals surface area contributed by atoms with Crippen LogP contribution in [0, 0.1) is 0 Å². The molecule has 0 radical (unpaired) electrons. The third-order valence-corrected chi connectivity index (χ3v) is 3.69. The summed E-state index contributed by atoms with van der Waals surface area (Å²) in [4.78, 5) is 0. The van der Waals surface area contributed by atoms with Gasteiger partial charge in [0, 0.05) is 29.5 Å². The lowest BCUT2D eigenvalue weighted by molar-refractivity contribution is 0.384. The molecular formula is C14H23NO2S. The molecule has 0 unspecified atom stereocenters. The van der Waals surface area contributed by atoms with Gasteiger partial charge in [0.05, 0.1) is 14.2 Å². The molecule has 4 heteroatoms. The van der Waals surface area contributed by atoms with Crippen molar-refractivity contribution in [1.82, 2.24) is 5.32 Å². The van der Waals surface area contributed by atoms with Crippen LogP contribution >= 0.6 is 11.8 Å². The molecule has 2 atom stereocenters. The number of ether oxygens (including phenoxy) is 2. The summed E-state index contributed by atoms with van der Waals surface area (Å²) in [5.74, 6) is 2.79. The van der Waals surface area contributed by atoms with E-state index in [4.69, 9.17) is 9.47 Å². The lowest BCUT2D eigenvalue weighted by Gasteiger charge is -2.21. The molecule has 1 rings (SSSR count). The van der Waals surface area contributed by atoms with Crippen LogP contribution in [0.2, 0.25) is 0 Å². The highest BCUT2D eigenvalue weighted by Gasteiger charge is 2.14. The molecule has 3 nitrogen and oxygen atoms in total. The molecule has 0 aliphatic rings. The molecule has 0 fully saturated rings. The van der Waals surface area contributed by atoms with E-state index in [2.05, 4.69) is 31.5 Å². The maximum Gasteiger partial charge on any atom is 0.127 e. The summed E-state index contributed by atoms with van der Waals surface area (Å²) in [6.07, 6.45) is 2.12. The quantitative estimate of drug-likeness (QED) is 0.824. The van der Waals surface area contributed by atoms with Gasteiger partial charge in [-0.25, -0.2) is 0 Å². The van der Waals surface area contributed by atoms with Gasteiger partial charge in [0.1, 0.15) is 11.5 Å². The van der Waals surface area contributed by atoms with E-state index >= 15 is 0 Å². The number of hydrogen-bond acceptors (Lipinski definition) is 4. The molecule has 0 saturated heterocycles. The van der Waals surface area contributed by atoms with Gasteiger partial charge in [-0.3, -0.25) is 0 Å². The number of nitrogens with one attached hydrogen (secondary N) is 1. The molecule has 0 bridgehead atoms. The largest absolute Gasteiger partial charge is 0.497 e. The maximum atomic E-state index is 5.43. The Morgan fingerprint density at radius 3 is 2.50 bits per heavy atom. The summed E-state index contributed by atoms with van der Waals surface area (Å²) in [6, 6.07) is 6.68. The van der Waals surface area contributed by atoms with Crippen molar-refractivity contribution in [3.8, 4) is 11.5 Å². The van der Waals surface area contributed by atoms with Crippen molar-refractivity contribution in [3.05, 3.63) is 23.8 Å². The summed E-state index contributed by atoms with van der Waals surface area (Å²) in [6.45, 7) is 4.35. The summed E-state index contributed by atoms with van der Waals surface area (Å²) in [7, 11) is 3.35. The highest BCUT2D eigenvalue weighted by Crippen LogP contribution is 2.29. The van der Waals surface area contributed by atoms with Crippen LogP contribution in [0.5, 0.6) is 11.5 Å². The third-order valence-electron chi connectivity index (χ3n) is 2.86. The number of benzene rings is 1. The fourth-order valence-electron chi connectivity index (χ4n) is 1.99. The maximum absolute atomic E-state index is 5.43. The molecule has 0 aromatic heterocycles. The average Bonchev–Trinajstić information content (AvgIpc) is 2.38. The van der Waals surface area contributed by atoms with E-state index in [0.29, 0.717) is 6.04 Å². The zero-order valence-electron chi connectivity index (χ0n) is 11.8. The monoisotopic (exact) mass is 269 g/mol. The number of thioether (sulfide) groups is 1. The molecule has 0 heterocycles. The van der Waals surface area contributed by atoms with Crippen molar-refractivity contribution in [2.75, 3.05) is 26.2 Å². The molecule has 0 amide bonds. The van der Waals surface area contributed by atoms with Crippen molar-refractivity contribution >= 4 is 11.8 Å². The van der Waals surface area contributed by atoms with Gasteiger partial charge in [0.2, 0.25) is 0 Å². The molecule has 0 saturated carbocycles. The van der Waals surface area contributed by atoms with E-state index < -0.39 is 0 Å². The minimum Gasteiger partial charge on any atom is -0.497 e. The first-order valence-electron chi connectivity index (χ1n) is 6.09. The zero-order chi connectivity index (χ0) is 13.5. The fraction of sp³-hybridized carbons (Fsp3) is 0.571. The minimum atomic E-state index is 0.257. The van der Waals surface area contributed by atoms with E-state index in [1.165, 1.54) is 0 Å². The van der Waals surface area contributed by atoms with Crippen LogP contribution in [0.1, 0.15) is 25.5 Å². The molecule has 18 heavy (non-hydrogen) atoms. The standard InChI is InChI=1S/C14H23NO2S/c1-10(9-18-5)15-11(2)13-7-6-12(16-3)8-14(13)17-4/h6-8,10-11,15H,9H2,1-5H3/t10-,11+/m1/s1. The van der Waals surface area contributed by atoms with Gasteiger partial charge in [-0.05, 0) is 26.2 Å². The highest BCUT2D eigenvalue weighted by atomic mass is 32.2. The fourth-order valence-corrected chi connectivity index (χ4v) is 2.59. The lowest BCUT2D eigenvalue weighted by Crippen LogP contribution is -2.31. The predicted octanol–water partition coefficient (Wildman–Crippen LogP) is 3.11. The Morgan fingerprint density at radius 1 is 1.22 bits per heavy atom. The molecule has 1 aromatic rings. The second kappa shape index (κ2) is 7.54. The van der Waals surface area contributed by atoms with E-state index in [9.17, 15) is 0 Å². The van der Waals surface area contributed by atoms with Crippen molar-refractivity contribution in [2.45, 2.75) is 25.9 Å². The summed E-state index contributed by atoms with van der Waals surface area (Å²) in [5.41, 5.74) is 1.16. The Bertz CT molecular complexity index is 371. The summed E-state index contributed by atoms with van der Waals surface area (Å²) >= 11 is 1.85. The van der Waals surface area contributed by atoms with Gasteiger partial charge in [0.25, 0.3) is 0 Å². The van der Waals surface area contributed by atoms with E-state index in [1.807, 2.05) is 23.9 Å². The van der Waals surface area contributed by atoms with Gasteiger partial charge in [-0.1, -0.05) is 6.07 Å². The highest BCUT2D eigenvalue weighted by molar-refractivity contribution is 7.98. The third kappa shape index (κ3) is 4.10. The molecule has 0 spiro atoms. The van der Waals surface area contributed by atoms with E-state index in [1.54, 1.807) is 14.2 Å². The molecule has 0 aliphatic heterocycles. The minimum absolute atomic E-state index is 0.257. The smallest absolute Gasteiger partial charge is 0.127 e. The first-order chi connectivity index (χ1) is 8.62. The summed E-state index contributed by atoms with van der Waals surface area (Å²) < 4.78 is 10.6. The van der Waals surface area contributed by atoms with Crippen molar-refractivity contribution in [3.63, 3.8) is 0 Å². The lowest BCUT2D eigenvalue weighted by atomic mass is 10.1. The second-order valence-corrected chi connectivity index (χ2v) is 5.26. The van der Waals surface area contributed by atoms with Crippen LogP contribution in [0.25, 0.3) is 0 Å². The zero-order valence-corrected chi connectivity index (χ0v) is 12.6. The van der Waals surface area contributed by atoms with Gasteiger partial charge in [-0.15, -0.1) is 0 Å². The molecular weight excluding hydrogens is 246 g/mol. The Hall–Kier alpha value is -0.870. The van der Waals surface area contributed by atoms with Crippen LogP contribution in [-0.4, -0.2) is 32.3 Å². The predicted molar refractivity (Wildman–Crippen MR) is 78.9 cm³/mol. The van der Waals surface area contributed by atoms with Crippen LogP contribution in [0.3, 0.4) is 0 Å².